The SMILES string of the molecule is C=C(C)OC(=O)CC(COC(=O)NO[P+](=O)O)OC(=O)NO[P+](=O)O. The van der Waals surface area contributed by atoms with Gasteiger partial charge in [0.05, 0.1) is 12.2 Å². The van der Waals surface area contributed by atoms with Gasteiger partial charge in [0.2, 0.25) is 0 Å². The minimum absolute atomic E-state index is 0.0487. The van der Waals surface area contributed by atoms with Crippen LogP contribution in [0.25, 0.3) is 0 Å². The molecule has 0 bridgehead atoms. The first-order valence-corrected chi connectivity index (χ1v) is 8.28. The zero-order valence-corrected chi connectivity index (χ0v) is 14.4. The van der Waals surface area contributed by atoms with Gasteiger partial charge in [0.1, 0.15) is 12.7 Å². The molecule has 0 radical (unpaired) electrons. The van der Waals surface area contributed by atoms with Gasteiger partial charge >= 0.3 is 34.7 Å². The number of carbonyl (C=O) groups excluding carboxylic acids is 3. The Hall–Kier alpha value is -2.21. The first kappa shape index (κ1) is 22.8. The molecule has 2 amide bonds. The van der Waals surface area contributed by atoms with Gasteiger partial charge < -0.3 is 14.2 Å². The second kappa shape index (κ2) is 12.2. The van der Waals surface area contributed by atoms with Crippen molar-refractivity contribution in [1.29, 1.82) is 0 Å². The number of rotatable bonds is 10. The number of allylic oxidation sites excluding steroid dienone is 1. The Labute approximate surface area is 141 Å². The first-order chi connectivity index (χ1) is 11.6. The van der Waals surface area contributed by atoms with Gasteiger partial charge in [-0.2, -0.15) is 0 Å². The molecule has 0 aromatic rings. The summed E-state index contributed by atoms with van der Waals surface area (Å²) in [5.74, 6) is -0.842. The molecule has 0 saturated heterocycles. The van der Waals surface area contributed by atoms with Gasteiger partial charge in [-0.15, -0.1) is 20.7 Å². The van der Waals surface area contributed by atoms with E-state index in [9.17, 15) is 23.5 Å². The third-order valence-electron chi connectivity index (χ3n) is 1.77. The summed E-state index contributed by atoms with van der Waals surface area (Å²) in [5.41, 5.74) is 2.88. The molecule has 3 atom stereocenters. The number of amides is 2. The maximum Gasteiger partial charge on any atom is 0.719 e. The molecule has 0 aliphatic heterocycles. The Morgan fingerprint density at radius 3 is 2.08 bits per heavy atom. The molecule has 0 aromatic heterocycles. The quantitative estimate of drug-likeness (QED) is 0.129. The lowest BCUT2D eigenvalue weighted by atomic mass is 10.2. The number of nitrogens with one attached hydrogen (secondary N) is 2. The van der Waals surface area contributed by atoms with Crippen molar-refractivity contribution in [3.8, 4) is 0 Å². The van der Waals surface area contributed by atoms with Crippen LogP contribution in [0.2, 0.25) is 0 Å². The molecule has 0 saturated carbocycles. The smallest absolute Gasteiger partial charge is 0.444 e. The van der Waals surface area contributed by atoms with E-state index in [0.29, 0.717) is 0 Å². The summed E-state index contributed by atoms with van der Waals surface area (Å²) >= 11 is 0. The number of esters is 1. The highest BCUT2D eigenvalue weighted by atomic mass is 31.1. The van der Waals surface area contributed by atoms with E-state index in [4.69, 9.17) is 9.79 Å². The van der Waals surface area contributed by atoms with Crippen molar-refractivity contribution >= 4 is 34.7 Å². The summed E-state index contributed by atoms with van der Waals surface area (Å²) in [7, 11) is -6.26. The standard InChI is InChI=1S/C9H12N2O12P2/c1-5(2)20-7(12)3-6(21-9(14)11-23-25(17)18)4-19-8(13)10-22-24(15)16/h6H,1,3-4H2,2H3,(H2-2,10,11,13,14,15,16,17,18)/p+2. The summed E-state index contributed by atoms with van der Waals surface area (Å²) in [5, 5.41) is 0. The lowest BCUT2D eigenvalue weighted by Gasteiger charge is -2.16. The van der Waals surface area contributed by atoms with E-state index in [2.05, 4.69) is 30.0 Å². The Morgan fingerprint density at radius 1 is 1.08 bits per heavy atom. The fourth-order valence-electron chi connectivity index (χ4n) is 1.08. The van der Waals surface area contributed by atoms with E-state index in [-0.39, 0.29) is 5.76 Å². The molecule has 0 rings (SSSR count). The van der Waals surface area contributed by atoms with Gasteiger partial charge in [0.25, 0.3) is 0 Å². The molecule has 0 aliphatic carbocycles. The molecule has 0 spiro atoms. The number of hydroxylamine groups is 2. The maximum absolute atomic E-state index is 11.5. The largest absolute Gasteiger partial charge is 0.719 e. The van der Waals surface area contributed by atoms with Crippen LogP contribution in [-0.2, 0) is 37.4 Å². The minimum atomic E-state index is -3.14. The van der Waals surface area contributed by atoms with Gasteiger partial charge in [-0.25, -0.2) is 9.59 Å². The average molecular weight is 404 g/mol. The fraction of sp³-hybridized carbons (Fsp3) is 0.444. The summed E-state index contributed by atoms with van der Waals surface area (Å²) in [6, 6.07) is 0. The van der Waals surface area contributed by atoms with Crippen LogP contribution in [0.3, 0.4) is 0 Å². The summed E-state index contributed by atoms with van der Waals surface area (Å²) in [6.45, 7) is 3.99. The predicted octanol–water partition coefficient (Wildman–Crippen LogP) is 0.437. The van der Waals surface area contributed by atoms with Crippen LogP contribution in [0.15, 0.2) is 12.3 Å². The van der Waals surface area contributed by atoms with Crippen LogP contribution in [0.1, 0.15) is 13.3 Å². The van der Waals surface area contributed by atoms with Crippen molar-refractivity contribution in [3.05, 3.63) is 12.3 Å². The van der Waals surface area contributed by atoms with Gasteiger partial charge in [0.15, 0.2) is 0 Å². The van der Waals surface area contributed by atoms with Crippen LogP contribution in [0, 0.1) is 0 Å². The normalized spacial score (nSPS) is 12.3. The van der Waals surface area contributed by atoms with E-state index in [1.54, 1.807) is 0 Å². The van der Waals surface area contributed by atoms with Gasteiger partial charge in [-0.3, -0.25) is 4.79 Å². The van der Waals surface area contributed by atoms with Crippen LogP contribution in [0.4, 0.5) is 9.59 Å². The van der Waals surface area contributed by atoms with E-state index >= 15 is 0 Å². The number of hydrogen-bond donors (Lipinski definition) is 4. The summed E-state index contributed by atoms with van der Waals surface area (Å²) in [6.07, 6.45) is -4.69. The minimum Gasteiger partial charge on any atom is -0.444 e. The Balaban J connectivity index is 4.60. The molecular weight excluding hydrogens is 390 g/mol. The molecule has 3 unspecified atom stereocenters. The summed E-state index contributed by atoms with van der Waals surface area (Å²) in [4.78, 5) is 50.6. The summed E-state index contributed by atoms with van der Waals surface area (Å²) < 4.78 is 42.0. The molecule has 0 aliphatic rings. The molecule has 0 fully saturated rings. The van der Waals surface area contributed by atoms with Crippen LogP contribution in [0.5, 0.6) is 0 Å². The number of ether oxygens (including phenoxy) is 3. The van der Waals surface area contributed by atoms with E-state index in [1.165, 1.54) is 17.9 Å². The highest BCUT2D eigenvalue weighted by molar-refractivity contribution is 7.32. The predicted molar refractivity (Wildman–Crippen MR) is 75.2 cm³/mol. The third kappa shape index (κ3) is 13.9. The second-order valence-electron chi connectivity index (χ2n) is 3.87. The molecule has 25 heavy (non-hydrogen) atoms. The third-order valence-corrected chi connectivity index (χ3v) is 2.27. The van der Waals surface area contributed by atoms with E-state index in [1.807, 2.05) is 0 Å². The van der Waals surface area contributed by atoms with Gasteiger partial charge in [0, 0.05) is 18.4 Å². The van der Waals surface area contributed by atoms with Crippen LogP contribution in [-0.4, -0.2) is 40.7 Å². The van der Waals surface area contributed by atoms with E-state index < -0.39 is 53.8 Å². The van der Waals surface area contributed by atoms with E-state index in [0.717, 1.165) is 0 Å². The van der Waals surface area contributed by atoms with Crippen LogP contribution < -0.4 is 11.0 Å². The molecule has 14 nitrogen and oxygen atoms in total. The van der Waals surface area contributed by atoms with Crippen molar-refractivity contribution in [1.82, 2.24) is 11.0 Å². The molecule has 0 aromatic carbocycles. The van der Waals surface area contributed by atoms with Crippen molar-refractivity contribution in [2.75, 3.05) is 6.61 Å². The number of hydrogen-bond acceptors (Lipinski definition) is 10. The molecular formula is C9H14N2O12P2+2. The zero-order chi connectivity index (χ0) is 19.4. The molecule has 0 heterocycles. The molecule has 4 N–H and O–H groups in total. The fourth-order valence-corrected chi connectivity index (χ4v) is 1.39. The zero-order valence-electron chi connectivity index (χ0n) is 12.6. The Kier molecular flexibility index (Phi) is 11.1. The van der Waals surface area contributed by atoms with Crippen molar-refractivity contribution in [2.45, 2.75) is 19.4 Å². The second-order valence-corrected chi connectivity index (χ2v) is 5.18. The lowest BCUT2D eigenvalue weighted by molar-refractivity contribution is -0.142. The highest BCUT2D eigenvalue weighted by Gasteiger charge is 2.25. The Morgan fingerprint density at radius 2 is 1.60 bits per heavy atom. The first-order valence-electron chi connectivity index (χ1n) is 6.02. The van der Waals surface area contributed by atoms with Gasteiger partial charge in [-0.1, -0.05) is 6.58 Å². The average Bonchev–Trinajstić information content (AvgIpc) is 2.47. The lowest BCUT2D eigenvalue weighted by Crippen LogP contribution is -2.34. The van der Waals surface area contributed by atoms with Crippen molar-refractivity contribution in [3.63, 3.8) is 0 Å². The van der Waals surface area contributed by atoms with Crippen molar-refractivity contribution in [2.24, 2.45) is 0 Å². The van der Waals surface area contributed by atoms with Crippen molar-refractivity contribution < 1.29 is 56.8 Å². The Bertz CT molecular complexity index is 553. The monoisotopic (exact) mass is 404 g/mol. The molecule has 140 valence electrons. The molecule has 16 heteroatoms. The maximum atomic E-state index is 11.5. The van der Waals surface area contributed by atoms with Crippen LogP contribution >= 0.6 is 16.5 Å². The highest BCUT2D eigenvalue weighted by Crippen LogP contribution is 2.12. The van der Waals surface area contributed by atoms with Gasteiger partial charge in [-0.05, 0) is 6.92 Å². The number of carbonyl (C=O) groups is 3. The topological polar surface area (TPSA) is 196 Å².